The van der Waals surface area contributed by atoms with E-state index >= 15 is 0 Å². The van der Waals surface area contributed by atoms with Crippen molar-refractivity contribution < 1.29 is 5.73 Å². The van der Waals surface area contributed by atoms with E-state index in [4.69, 9.17) is 5.73 Å². The molecule has 1 saturated carbocycles. The Balaban J connectivity index is 1.43. The minimum Gasteiger partial charge on any atom is -0.351 e. The summed E-state index contributed by atoms with van der Waals surface area (Å²) in [5, 5.41) is 0. The Hall–Kier alpha value is -0.420. The van der Waals surface area contributed by atoms with Gasteiger partial charge in [0.05, 0.1) is 12.1 Å². The monoisotopic (exact) mass is 291 g/mol. The number of nitrogens with zero attached hydrogens (tertiary/aromatic N) is 2. The summed E-state index contributed by atoms with van der Waals surface area (Å²) < 4.78 is 0. The zero-order chi connectivity index (χ0) is 14.9. The lowest BCUT2D eigenvalue weighted by Crippen LogP contribution is -2.77. The Bertz CT molecular complexity index is 471. The summed E-state index contributed by atoms with van der Waals surface area (Å²) in [5.41, 5.74) is 13.5. The molecule has 0 amide bonds. The fourth-order valence-electron chi connectivity index (χ4n) is 5.77. The van der Waals surface area contributed by atoms with Gasteiger partial charge in [-0.25, -0.2) is 0 Å². The Morgan fingerprint density at radius 2 is 2.14 bits per heavy atom. The Kier molecular flexibility index (Phi) is 2.92. The molecule has 21 heavy (non-hydrogen) atoms. The highest BCUT2D eigenvalue weighted by Crippen LogP contribution is 2.49. The van der Waals surface area contributed by atoms with Crippen molar-refractivity contribution >= 4 is 0 Å². The van der Waals surface area contributed by atoms with Gasteiger partial charge in [-0.2, -0.15) is 0 Å². The molecular weight excluding hydrogens is 260 g/mol. The van der Waals surface area contributed by atoms with Crippen LogP contribution in [0.4, 0.5) is 0 Å². The Morgan fingerprint density at radius 3 is 2.86 bits per heavy atom. The maximum atomic E-state index is 6.62. The predicted molar refractivity (Wildman–Crippen MR) is 84.6 cm³/mol. The summed E-state index contributed by atoms with van der Waals surface area (Å²) in [6.45, 7) is 8.21. The van der Waals surface area contributed by atoms with Crippen LogP contribution in [0.25, 0.3) is 0 Å². The summed E-state index contributed by atoms with van der Waals surface area (Å²) in [7, 11) is 2.18. The lowest BCUT2D eigenvalue weighted by atomic mass is 9.77. The maximum absolute atomic E-state index is 6.62. The molecule has 2 aliphatic carbocycles. The number of quaternary nitrogens is 1. The zero-order valence-electron chi connectivity index (χ0n) is 13.7. The van der Waals surface area contributed by atoms with Crippen molar-refractivity contribution in [3.05, 3.63) is 11.6 Å². The van der Waals surface area contributed by atoms with Crippen molar-refractivity contribution in [2.75, 3.05) is 39.8 Å². The molecule has 0 aromatic carbocycles. The molecule has 4 rings (SSSR count). The van der Waals surface area contributed by atoms with Crippen molar-refractivity contribution in [2.45, 2.75) is 43.7 Å². The van der Waals surface area contributed by atoms with Crippen LogP contribution in [0.5, 0.6) is 0 Å². The van der Waals surface area contributed by atoms with Gasteiger partial charge < -0.3 is 16.4 Å². The third-order valence-corrected chi connectivity index (χ3v) is 6.95. The van der Waals surface area contributed by atoms with Crippen molar-refractivity contribution in [2.24, 2.45) is 17.1 Å². The number of hydrogen-bond acceptors (Lipinski definition) is 3. The molecule has 4 heteroatoms. The van der Waals surface area contributed by atoms with Crippen molar-refractivity contribution in [3.8, 4) is 0 Å². The van der Waals surface area contributed by atoms with Gasteiger partial charge in [-0.3, -0.25) is 4.90 Å². The highest BCUT2D eigenvalue weighted by atomic mass is 15.2. The van der Waals surface area contributed by atoms with Gasteiger partial charge in [0, 0.05) is 38.0 Å². The van der Waals surface area contributed by atoms with Crippen LogP contribution in [-0.4, -0.2) is 60.6 Å². The average molecular weight is 291 g/mol. The fourth-order valence-corrected chi connectivity index (χ4v) is 5.77. The topological polar surface area (TPSA) is 60.1 Å². The van der Waals surface area contributed by atoms with Gasteiger partial charge in [0.15, 0.2) is 0 Å². The standard InChI is InChI=1S/C17H30N4/c1-15-4-3-5-17(15,19)12-21(10-15)8-13-6-14-9-20(2)11-16(14,18)7-13/h6,13H,3-5,7-12,18-19H2,1-2H3/p+1. The minimum absolute atomic E-state index is 0.0267. The molecule has 118 valence electrons. The molecule has 4 atom stereocenters. The van der Waals surface area contributed by atoms with E-state index in [2.05, 4.69) is 35.6 Å². The molecule has 0 aromatic rings. The van der Waals surface area contributed by atoms with E-state index < -0.39 is 0 Å². The molecular formula is C17H31N4+. The molecule has 2 aliphatic heterocycles. The van der Waals surface area contributed by atoms with E-state index in [1.54, 1.807) is 0 Å². The van der Waals surface area contributed by atoms with Gasteiger partial charge in [-0.1, -0.05) is 13.0 Å². The highest BCUT2D eigenvalue weighted by molar-refractivity contribution is 5.33. The van der Waals surface area contributed by atoms with Gasteiger partial charge in [0.25, 0.3) is 0 Å². The van der Waals surface area contributed by atoms with Gasteiger partial charge in [0.2, 0.25) is 0 Å². The molecule has 3 fully saturated rings. The molecule has 2 heterocycles. The molecule has 0 bridgehead atoms. The molecule has 4 unspecified atom stereocenters. The first-order valence-electron chi connectivity index (χ1n) is 8.58. The number of likely N-dealkylation sites (tertiary alicyclic amines) is 2. The summed E-state index contributed by atoms with van der Waals surface area (Å²) in [4.78, 5) is 5.04. The summed E-state index contributed by atoms with van der Waals surface area (Å²) in [6.07, 6.45) is 7.70. The van der Waals surface area contributed by atoms with E-state index in [1.165, 1.54) is 44.5 Å². The van der Waals surface area contributed by atoms with Crippen LogP contribution in [0.2, 0.25) is 0 Å². The largest absolute Gasteiger partial charge is 0.351 e. The van der Waals surface area contributed by atoms with Crippen molar-refractivity contribution in [1.82, 2.24) is 9.80 Å². The van der Waals surface area contributed by atoms with Crippen LogP contribution in [-0.2, 0) is 0 Å². The minimum atomic E-state index is -0.0267. The third-order valence-electron chi connectivity index (χ3n) is 6.95. The van der Waals surface area contributed by atoms with Crippen LogP contribution in [0.3, 0.4) is 0 Å². The maximum Gasteiger partial charge on any atom is 0.114 e. The quantitative estimate of drug-likeness (QED) is 0.708. The van der Waals surface area contributed by atoms with Crippen molar-refractivity contribution in [3.63, 3.8) is 0 Å². The fraction of sp³-hybridized carbons (Fsp3) is 0.882. The first kappa shape index (κ1) is 14.2. The van der Waals surface area contributed by atoms with E-state index in [9.17, 15) is 0 Å². The molecule has 4 nitrogen and oxygen atoms in total. The number of hydrogen-bond donors (Lipinski definition) is 2. The number of nitrogens with two attached hydrogens (primary N) is 1. The lowest BCUT2D eigenvalue weighted by Gasteiger charge is -2.28. The van der Waals surface area contributed by atoms with Crippen LogP contribution >= 0.6 is 0 Å². The summed E-state index contributed by atoms with van der Waals surface area (Å²) in [6, 6.07) is 0. The Morgan fingerprint density at radius 1 is 1.33 bits per heavy atom. The third kappa shape index (κ3) is 2.03. The van der Waals surface area contributed by atoms with Gasteiger partial charge in [0.1, 0.15) is 5.54 Å². The molecule has 0 aromatic heterocycles. The summed E-state index contributed by atoms with van der Waals surface area (Å²) >= 11 is 0. The van der Waals surface area contributed by atoms with Gasteiger partial charge in [-0.15, -0.1) is 0 Å². The predicted octanol–water partition coefficient (Wildman–Crippen LogP) is 0.0621. The van der Waals surface area contributed by atoms with Crippen LogP contribution < -0.4 is 11.5 Å². The first-order chi connectivity index (χ1) is 9.82. The first-order valence-corrected chi connectivity index (χ1v) is 8.58. The van der Waals surface area contributed by atoms with E-state index in [0.29, 0.717) is 16.9 Å². The van der Waals surface area contributed by atoms with Gasteiger partial charge >= 0.3 is 0 Å². The van der Waals surface area contributed by atoms with E-state index in [0.717, 1.165) is 19.5 Å². The van der Waals surface area contributed by atoms with E-state index in [-0.39, 0.29) is 5.54 Å². The molecule has 4 aliphatic rings. The van der Waals surface area contributed by atoms with Crippen LogP contribution in [0, 0.1) is 11.3 Å². The zero-order valence-corrected chi connectivity index (χ0v) is 13.7. The van der Waals surface area contributed by atoms with Gasteiger partial charge in [-0.05, 0) is 37.8 Å². The SMILES string of the molecule is CN1CC2=CC(CN3CC4(C)CCCC4([NH3+])C3)CC2(N)C1. The lowest BCUT2D eigenvalue weighted by molar-refractivity contribution is -0.490. The molecule has 0 spiro atoms. The number of rotatable bonds is 2. The smallest absolute Gasteiger partial charge is 0.114 e. The molecule has 0 radical (unpaired) electrons. The number of likely N-dealkylation sites (N-methyl/N-ethyl adjacent to an activating group) is 1. The molecule has 5 N–H and O–H groups in total. The normalized spacial score (nSPS) is 50.5. The average Bonchev–Trinajstić information content (AvgIpc) is 2.92. The second kappa shape index (κ2) is 4.31. The highest BCUT2D eigenvalue weighted by Gasteiger charge is 2.59. The van der Waals surface area contributed by atoms with E-state index in [1.807, 2.05) is 0 Å². The van der Waals surface area contributed by atoms with Crippen molar-refractivity contribution in [1.29, 1.82) is 0 Å². The summed E-state index contributed by atoms with van der Waals surface area (Å²) in [5.74, 6) is 0.657. The second-order valence-corrected chi connectivity index (χ2v) is 8.85. The molecule has 2 saturated heterocycles. The second-order valence-electron chi connectivity index (χ2n) is 8.85. The van der Waals surface area contributed by atoms with Crippen LogP contribution in [0.15, 0.2) is 11.6 Å². The number of fused-ring (bicyclic) bond motifs is 2. The Labute approximate surface area is 128 Å². The van der Waals surface area contributed by atoms with Crippen LogP contribution in [0.1, 0.15) is 32.6 Å².